The second-order valence-corrected chi connectivity index (χ2v) is 10.7. The molecule has 4 rings (SSSR count). The predicted octanol–water partition coefficient (Wildman–Crippen LogP) is 3.99. The molecule has 0 radical (unpaired) electrons. The van der Waals surface area contributed by atoms with Crippen molar-refractivity contribution in [2.75, 3.05) is 11.5 Å². The quantitative estimate of drug-likeness (QED) is 0.532. The van der Waals surface area contributed by atoms with Gasteiger partial charge in [0.25, 0.3) is 5.91 Å². The molecule has 0 bridgehead atoms. The molecule has 0 saturated carbocycles. The van der Waals surface area contributed by atoms with Gasteiger partial charge in [-0.3, -0.25) is 9.69 Å². The first-order valence-electron chi connectivity index (χ1n) is 8.16. The van der Waals surface area contributed by atoms with Gasteiger partial charge in [0.05, 0.1) is 22.5 Å². The standard InChI is InChI=1S/C18H14ClNO4S3/c19-12-3-1-2-11(8-12)15-5-4-14(24-15)9-16-17(21)20(18(25)26-16)13-6-7-27(22,23)10-13/h1-5,8-9,13H,6-7,10H2/b16-9-/t13-/m1/s1. The van der Waals surface area contributed by atoms with Gasteiger partial charge >= 0.3 is 0 Å². The van der Waals surface area contributed by atoms with Gasteiger partial charge in [0.15, 0.2) is 9.84 Å². The van der Waals surface area contributed by atoms with E-state index in [4.69, 9.17) is 28.2 Å². The molecule has 2 aromatic rings. The number of hydrogen-bond donors (Lipinski definition) is 0. The Morgan fingerprint density at radius 1 is 1.30 bits per heavy atom. The van der Waals surface area contributed by atoms with Crippen LogP contribution in [0, 0.1) is 0 Å². The highest BCUT2D eigenvalue weighted by Crippen LogP contribution is 2.37. The maximum atomic E-state index is 12.7. The van der Waals surface area contributed by atoms with Crippen LogP contribution in [0.15, 0.2) is 45.7 Å². The average molecular weight is 440 g/mol. The van der Waals surface area contributed by atoms with E-state index < -0.39 is 9.84 Å². The third kappa shape index (κ3) is 3.85. The summed E-state index contributed by atoms with van der Waals surface area (Å²) in [6.45, 7) is 0. The normalized spacial score (nSPS) is 23.5. The number of carbonyl (C=O) groups is 1. The Hall–Kier alpha value is -1.61. The summed E-state index contributed by atoms with van der Waals surface area (Å²) in [6, 6.07) is 10.5. The zero-order valence-corrected chi connectivity index (χ0v) is 17.1. The van der Waals surface area contributed by atoms with Gasteiger partial charge in [0.2, 0.25) is 0 Å². The van der Waals surface area contributed by atoms with Crippen molar-refractivity contribution in [1.82, 2.24) is 4.90 Å². The number of benzene rings is 1. The number of thioether (sulfide) groups is 1. The average Bonchev–Trinajstić information content (AvgIpc) is 3.27. The fourth-order valence-corrected chi connectivity index (χ4v) is 6.40. The van der Waals surface area contributed by atoms with Crippen molar-refractivity contribution in [3.05, 3.63) is 52.1 Å². The Kier molecular flexibility index (Phi) is 4.92. The zero-order valence-electron chi connectivity index (χ0n) is 13.9. The Labute approximate surface area is 171 Å². The summed E-state index contributed by atoms with van der Waals surface area (Å²) in [5.74, 6) is 0.944. The van der Waals surface area contributed by atoms with E-state index in [9.17, 15) is 13.2 Å². The van der Waals surface area contributed by atoms with E-state index in [0.29, 0.717) is 32.2 Å². The van der Waals surface area contributed by atoms with Crippen molar-refractivity contribution >= 4 is 61.7 Å². The molecule has 2 fully saturated rings. The Bertz CT molecular complexity index is 1070. The SMILES string of the molecule is O=C1/C(=C/c2ccc(-c3cccc(Cl)c3)o2)SC(=S)N1[C@@H]1CCS(=O)(=O)C1. The molecule has 2 saturated heterocycles. The summed E-state index contributed by atoms with van der Waals surface area (Å²) in [7, 11) is -3.10. The highest BCUT2D eigenvalue weighted by atomic mass is 35.5. The maximum absolute atomic E-state index is 12.7. The number of sulfone groups is 1. The lowest BCUT2D eigenvalue weighted by Gasteiger charge is -2.20. The van der Waals surface area contributed by atoms with Crippen LogP contribution in [0.2, 0.25) is 5.02 Å². The minimum Gasteiger partial charge on any atom is -0.457 e. The second-order valence-electron chi connectivity index (χ2n) is 6.32. The van der Waals surface area contributed by atoms with Crippen molar-refractivity contribution in [3.63, 3.8) is 0 Å². The van der Waals surface area contributed by atoms with Crippen LogP contribution < -0.4 is 0 Å². The number of hydrogen-bond acceptors (Lipinski definition) is 6. The van der Waals surface area contributed by atoms with E-state index >= 15 is 0 Å². The van der Waals surface area contributed by atoms with E-state index in [2.05, 4.69) is 0 Å². The minimum absolute atomic E-state index is 0.0353. The third-order valence-electron chi connectivity index (χ3n) is 4.41. The maximum Gasteiger partial charge on any atom is 0.266 e. The van der Waals surface area contributed by atoms with Crippen LogP contribution >= 0.6 is 35.6 Å². The highest BCUT2D eigenvalue weighted by molar-refractivity contribution is 8.26. The molecule has 1 amide bonds. The molecular weight excluding hydrogens is 426 g/mol. The fourth-order valence-electron chi connectivity index (χ4n) is 3.13. The summed E-state index contributed by atoms with van der Waals surface area (Å²) >= 11 is 12.5. The molecule has 0 unspecified atom stereocenters. The summed E-state index contributed by atoms with van der Waals surface area (Å²) in [4.78, 5) is 14.6. The molecule has 9 heteroatoms. The van der Waals surface area contributed by atoms with Crippen molar-refractivity contribution in [2.45, 2.75) is 12.5 Å². The number of amides is 1. The zero-order chi connectivity index (χ0) is 19.2. The number of furan rings is 1. The largest absolute Gasteiger partial charge is 0.457 e. The van der Waals surface area contributed by atoms with Gasteiger partial charge in [-0.15, -0.1) is 0 Å². The van der Waals surface area contributed by atoms with E-state index in [-0.39, 0.29) is 23.5 Å². The van der Waals surface area contributed by atoms with Crippen LogP contribution in [-0.2, 0) is 14.6 Å². The first kappa shape index (κ1) is 18.7. The minimum atomic E-state index is -3.10. The molecular formula is C18H14ClNO4S3. The van der Waals surface area contributed by atoms with E-state index in [1.807, 2.05) is 18.2 Å². The van der Waals surface area contributed by atoms with E-state index in [1.165, 1.54) is 4.90 Å². The summed E-state index contributed by atoms with van der Waals surface area (Å²) in [5.41, 5.74) is 0.839. The Morgan fingerprint density at radius 3 is 2.81 bits per heavy atom. The van der Waals surface area contributed by atoms with Gasteiger partial charge in [-0.25, -0.2) is 8.42 Å². The first-order chi connectivity index (χ1) is 12.8. The number of thiocarbonyl (C=S) groups is 1. The lowest BCUT2D eigenvalue weighted by molar-refractivity contribution is -0.123. The molecule has 1 aromatic heterocycles. The topological polar surface area (TPSA) is 67.6 Å². The van der Waals surface area contributed by atoms with Crippen LogP contribution in [0.4, 0.5) is 0 Å². The molecule has 27 heavy (non-hydrogen) atoms. The summed E-state index contributed by atoms with van der Waals surface area (Å²) in [6.07, 6.45) is 2.05. The molecule has 5 nitrogen and oxygen atoms in total. The van der Waals surface area contributed by atoms with Gasteiger partial charge in [-0.2, -0.15) is 0 Å². The number of rotatable bonds is 3. The van der Waals surface area contributed by atoms with Crippen LogP contribution in [0.3, 0.4) is 0 Å². The third-order valence-corrected chi connectivity index (χ3v) is 7.72. The fraction of sp³-hybridized carbons (Fsp3) is 0.222. The van der Waals surface area contributed by atoms with Crippen molar-refractivity contribution < 1.29 is 17.6 Å². The molecule has 2 aliphatic heterocycles. The molecule has 1 aromatic carbocycles. The van der Waals surface area contributed by atoms with Gasteiger partial charge in [0.1, 0.15) is 15.8 Å². The Balaban J connectivity index is 1.57. The summed E-state index contributed by atoms with van der Waals surface area (Å²) < 4.78 is 29.6. The van der Waals surface area contributed by atoms with E-state index in [1.54, 1.807) is 24.3 Å². The molecule has 2 aliphatic rings. The van der Waals surface area contributed by atoms with Crippen molar-refractivity contribution in [3.8, 4) is 11.3 Å². The second kappa shape index (κ2) is 7.09. The lowest BCUT2D eigenvalue weighted by atomic mass is 10.2. The molecule has 140 valence electrons. The molecule has 0 spiro atoms. The van der Waals surface area contributed by atoms with Crippen LogP contribution in [0.25, 0.3) is 17.4 Å². The molecule has 3 heterocycles. The predicted molar refractivity (Wildman–Crippen MR) is 111 cm³/mol. The summed E-state index contributed by atoms with van der Waals surface area (Å²) in [5, 5.41) is 0.609. The monoisotopic (exact) mass is 439 g/mol. The molecule has 0 aliphatic carbocycles. The molecule has 1 atom stereocenters. The van der Waals surface area contributed by atoms with E-state index in [0.717, 1.165) is 17.3 Å². The van der Waals surface area contributed by atoms with Crippen LogP contribution in [0.5, 0.6) is 0 Å². The van der Waals surface area contributed by atoms with Gasteiger partial charge in [-0.1, -0.05) is 47.7 Å². The van der Waals surface area contributed by atoms with Crippen molar-refractivity contribution in [1.29, 1.82) is 0 Å². The number of halogens is 1. The van der Waals surface area contributed by atoms with Crippen LogP contribution in [-0.4, -0.2) is 41.1 Å². The molecule has 0 N–H and O–H groups in total. The smallest absolute Gasteiger partial charge is 0.266 e. The lowest BCUT2D eigenvalue weighted by Crippen LogP contribution is -2.39. The van der Waals surface area contributed by atoms with Gasteiger partial charge in [-0.05, 0) is 30.7 Å². The first-order valence-corrected chi connectivity index (χ1v) is 11.6. The highest BCUT2D eigenvalue weighted by Gasteiger charge is 2.42. The number of carbonyl (C=O) groups excluding carboxylic acids is 1. The number of nitrogens with zero attached hydrogens (tertiary/aromatic N) is 1. The van der Waals surface area contributed by atoms with Gasteiger partial charge in [0, 0.05) is 16.7 Å². The van der Waals surface area contributed by atoms with Gasteiger partial charge < -0.3 is 4.42 Å². The Morgan fingerprint density at radius 2 is 2.11 bits per heavy atom. The van der Waals surface area contributed by atoms with Crippen molar-refractivity contribution in [2.24, 2.45) is 0 Å². The van der Waals surface area contributed by atoms with Crippen LogP contribution in [0.1, 0.15) is 12.2 Å².